The van der Waals surface area contributed by atoms with Gasteiger partial charge in [-0.1, -0.05) is 35.0 Å². The molecule has 112 valence electrons. The van der Waals surface area contributed by atoms with Gasteiger partial charge in [0.2, 0.25) is 0 Å². The molecule has 1 N–H and O–H groups in total. The smallest absolute Gasteiger partial charge is 0.167 e. The van der Waals surface area contributed by atoms with Crippen LogP contribution < -0.4 is 10.1 Å². The van der Waals surface area contributed by atoms with Crippen LogP contribution in [0.25, 0.3) is 0 Å². The Kier molecular flexibility index (Phi) is 5.62. The van der Waals surface area contributed by atoms with Crippen molar-refractivity contribution in [1.82, 2.24) is 0 Å². The molecule has 1 atom stereocenters. The summed E-state index contributed by atoms with van der Waals surface area (Å²) in [6.45, 7) is 4.40. The quantitative estimate of drug-likeness (QED) is 0.736. The molecule has 0 aliphatic carbocycles. The molecule has 0 aromatic heterocycles. The summed E-state index contributed by atoms with van der Waals surface area (Å²) >= 11 is 3.48. The van der Waals surface area contributed by atoms with Crippen molar-refractivity contribution in [2.75, 3.05) is 11.9 Å². The Balaban J connectivity index is 2.17. The van der Waals surface area contributed by atoms with E-state index in [-0.39, 0.29) is 11.9 Å². The predicted molar refractivity (Wildman–Crippen MR) is 88.4 cm³/mol. The third-order valence-electron chi connectivity index (χ3n) is 3.23. The third kappa shape index (κ3) is 4.21. The van der Waals surface area contributed by atoms with Crippen LogP contribution in [0.3, 0.4) is 0 Å². The number of anilines is 1. The van der Waals surface area contributed by atoms with E-state index < -0.39 is 0 Å². The van der Waals surface area contributed by atoms with Gasteiger partial charge in [0.15, 0.2) is 11.6 Å². The van der Waals surface area contributed by atoms with Crippen LogP contribution in [0.15, 0.2) is 46.9 Å². The highest BCUT2D eigenvalue weighted by molar-refractivity contribution is 9.10. The largest absolute Gasteiger partial charge is 0.491 e. The molecular formula is C17H19BrFNO. The SMILES string of the molecule is CCOc1ccc(NC(CC)c2cccc(Br)c2)cc1F. The Morgan fingerprint density at radius 1 is 1.19 bits per heavy atom. The highest BCUT2D eigenvalue weighted by atomic mass is 79.9. The lowest BCUT2D eigenvalue weighted by Crippen LogP contribution is -2.10. The van der Waals surface area contributed by atoms with Gasteiger partial charge in [-0.3, -0.25) is 0 Å². The molecule has 4 heteroatoms. The molecule has 0 aliphatic heterocycles. The Hall–Kier alpha value is -1.55. The van der Waals surface area contributed by atoms with Crippen LogP contribution >= 0.6 is 15.9 Å². The first-order valence-electron chi connectivity index (χ1n) is 7.08. The highest BCUT2D eigenvalue weighted by Crippen LogP contribution is 2.27. The minimum absolute atomic E-state index is 0.139. The van der Waals surface area contributed by atoms with Gasteiger partial charge in [0.1, 0.15) is 0 Å². The molecule has 0 fully saturated rings. The molecule has 0 bridgehead atoms. The van der Waals surface area contributed by atoms with Crippen molar-refractivity contribution < 1.29 is 9.13 Å². The first-order chi connectivity index (χ1) is 10.1. The summed E-state index contributed by atoms with van der Waals surface area (Å²) in [7, 11) is 0. The summed E-state index contributed by atoms with van der Waals surface area (Å²) in [5, 5.41) is 3.37. The van der Waals surface area contributed by atoms with Crippen molar-refractivity contribution in [3.05, 3.63) is 58.3 Å². The number of hydrogen-bond acceptors (Lipinski definition) is 2. The molecular weight excluding hydrogens is 333 g/mol. The zero-order chi connectivity index (χ0) is 15.2. The van der Waals surface area contributed by atoms with Crippen LogP contribution in [0, 0.1) is 5.82 Å². The van der Waals surface area contributed by atoms with E-state index in [1.54, 1.807) is 6.07 Å². The first kappa shape index (κ1) is 15.8. The van der Waals surface area contributed by atoms with E-state index in [4.69, 9.17) is 4.74 Å². The molecule has 2 nitrogen and oxygen atoms in total. The summed E-state index contributed by atoms with van der Waals surface area (Å²) in [4.78, 5) is 0. The molecule has 2 aromatic rings. The fourth-order valence-electron chi connectivity index (χ4n) is 2.21. The fraction of sp³-hybridized carbons (Fsp3) is 0.294. The van der Waals surface area contributed by atoms with Crippen molar-refractivity contribution in [2.45, 2.75) is 26.3 Å². The molecule has 21 heavy (non-hydrogen) atoms. The van der Waals surface area contributed by atoms with E-state index in [1.165, 1.54) is 11.6 Å². The van der Waals surface area contributed by atoms with E-state index >= 15 is 0 Å². The van der Waals surface area contributed by atoms with Crippen LogP contribution in [0.5, 0.6) is 5.75 Å². The number of ether oxygens (including phenoxy) is 1. The Morgan fingerprint density at radius 3 is 2.62 bits per heavy atom. The highest BCUT2D eigenvalue weighted by Gasteiger charge is 2.11. The summed E-state index contributed by atoms with van der Waals surface area (Å²) in [5.41, 5.74) is 1.92. The number of hydrogen-bond donors (Lipinski definition) is 1. The second kappa shape index (κ2) is 7.46. The number of rotatable bonds is 6. The van der Waals surface area contributed by atoms with Gasteiger partial charge in [-0.25, -0.2) is 4.39 Å². The predicted octanol–water partition coefficient (Wildman–Crippen LogP) is 5.55. The molecule has 0 saturated carbocycles. The molecule has 0 heterocycles. The molecule has 0 saturated heterocycles. The number of nitrogens with one attached hydrogen (secondary N) is 1. The zero-order valence-electron chi connectivity index (χ0n) is 12.2. The van der Waals surface area contributed by atoms with Gasteiger partial charge in [0.05, 0.1) is 12.6 Å². The monoisotopic (exact) mass is 351 g/mol. The fourth-order valence-corrected chi connectivity index (χ4v) is 2.63. The van der Waals surface area contributed by atoms with Crippen molar-refractivity contribution in [1.29, 1.82) is 0 Å². The minimum Gasteiger partial charge on any atom is -0.491 e. The van der Waals surface area contributed by atoms with Crippen molar-refractivity contribution in [2.24, 2.45) is 0 Å². The molecule has 1 unspecified atom stereocenters. The van der Waals surface area contributed by atoms with Crippen LogP contribution in [0.4, 0.5) is 10.1 Å². The van der Waals surface area contributed by atoms with E-state index in [0.717, 1.165) is 16.6 Å². The van der Waals surface area contributed by atoms with Crippen molar-refractivity contribution in [3.8, 4) is 5.75 Å². The molecule has 0 amide bonds. The van der Waals surface area contributed by atoms with E-state index in [0.29, 0.717) is 12.4 Å². The average Bonchev–Trinajstić information content (AvgIpc) is 2.47. The molecule has 0 spiro atoms. The first-order valence-corrected chi connectivity index (χ1v) is 7.87. The average molecular weight is 352 g/mol. The van der Waals surface area contributed by atoms with Crippen LogP contribution in [-0.2, 0) is 0 Å². The van der Waals surface area contributed by atoms with Gasteiger partial charge in [-0.15, -0.1) is 0 Å². The van der Waals surface area contributed by atoms with Gasteiger partial charge in [0, 0.05) is 16.2 Å². The minimum atomic E-state index is -0.342. The lowest BCUT2D eigenvalue weighted by atomic mass is 10.0. The Labute approximate surface area is 133 Å². The summed E-state index contributed by atoms with van der Waals surface area (Å²) in [6.07, 6.45) is 0.908. The maximum atomic E-state index is 13.9. The normalized spacial score (nSPS) is 12.0. The third-order valence-corrected chi connectivity index (χ3v) is 3.73. The number of benzene rings is 2. The van der Waals surface area contributed by atoms with Crippen molar-refractivity contribution >= 4 is 21.6 Å². The van der Waals surface area contributed by atoms with Crippen LogP contribution in [0.1, 0.15) is 31.9 Å². The maximum absolute atomic E-state index is 13.9. The number of halogens is 2. The van der Waals surface area contributed by atoms with Crippen molar-refractivity contribution in [3.63, 3.8) is 0 Å². The van der Waals surface area contributed by atoms with E-state index in [2.05, 4.69) is 40.3 Å². The van der Waals surface area contributed by atoms with Gasteiger partial charge >= 0.3 is 0 Å². The lowest BCUT2D eigenvalue weighted by Gasteiger charge is -2.19. The second-order valence-electron chi connectivity index (χ2n) is 4.74. The van der Waals surface area contributed by atoms with E-state index in [1.807, 2.05) is 25.1 Å². The molecule has 0 aliphatic rings. The van der Waals surface area contributed by atoms with Gasteiger partial charge < -0.3 is 10.1 Å². The second-order valence-corrected chi connectivity index (χ2v) is 5.65. The lowest BCUT2D eigenvalue weighted by molar-refractivity contribution is 0.321. The standard InChI is InChI=1S/C17H19BrFNO/c1-3-16(12-6-5-7-13(18)10-12)20-14-8-9-17(21-4-2)15(19)11-14/h5-11,16,20H,3-4H2,1-2H3. The topological polar surface area (TPSA) is 21.3 Å². The van der Waals surface area contributed by atoms with Crippen LogP contribution in [0.2, 0.25) is 0 Å². The maximum Gasteiger partial charge on any atom is 0.167 e. The van der Waals surface area contributed by atoms with Gasteiger partial charge in [-0.2, -0.15) is 0 Å². The van der Waals surface area contributed by atoms with Crippen LogP contribution in [-0.4, -0.2) is 6.61 Å². The molecule has 2 rings (SSSR count). The summed E-state index contributed by atoms with van der Waals surface area (Å²) in [5.74, 6) is -0.0514. The summed E-state index contributed by atoms with van der Waals surface area (Å²) in [6, 6.07) is 13.3. The van der Waals surface area contributed by atoms with E-state index in [9.17, 15) is 4.39 Å². The Bertz CT molecular complexity index is 603. The Morgan fingerprint density at radius 2 is 2.00 bits per heavy atom. The molecule has 2 aromatic carbocycles. The van der Waals surface area contributed by atoms with Gasteiger partial charge in [0.25, 0.3) is 0 Å². The van der Waals surface area contributed by atoms with Gasteiger partial charge in [-0.05, 0) is 43.2 Å². The molecule has 0 radical (unpaired) electrons. The summed E-state index contributed by atoms with van der Waals surface area (Å²) < 4.78 is 20.1. The zero-order valence-corrected chi connectivity index (χ0v) is 13.8.